The molecule has 4 aromatic rings. The van der Waals surface area contributed by atoms with Crippen LogP contribution in [-0.2, 0) is 10.0 Å². The lowest BCUT2D eigenvalue weighted by Gasteiger charge is -2.19. The fourth-order valence-electron chi connectivity index (χ4n) is 3.46. The van der Waals surface area contributed by atoms with Crippen molar-refractivity contribution in [3.8, 4) is 5.75 Å². The fourth-order valence-corrected chi connectivity index (χ4v) is 5.14. The number of ether oxygens (including phenoxy) is 1. The molecule has 160 valence electrons. The van der Waals surface area contributed by atoms with Crippen molar-refractivity contribution >= 4 is 49.5 Å². The molecule has 1 aromatic heterocycles. The second-order valence-corrected chi connectivity index (χ2v) is 9.22. The largest absolute Gasteiger partial charge is 0.456 e. The van der Waals surface area contributed by atoms with E-state index in [9.17, 15) is 13.2 Å². The minimum absolute atomic E-state index is 0.0103. The van der Waals surface area contributed by atoms with E-state index < -0.39 is 16.0 Å². The van der Waals surface area contributed by atoms with Gasteiger partial charge in [-0.2, -0.15) is 4.31 Å². The van der Waals surface area contributed by atoms with Crippen LogP contribution in [0.1, 0.15) is 24.2 Å². The van der Waals surface area contributed by atoms with Gasteiger partial charge in [0.25, 0.3) is 0 Å². The van der Waals surface area contributed by atoms with Crippen LogP contribution < -0.4 is 4.74 Å². The number of halogens is 1. The molecule has 0 saturated heterocycles. The van der Waals surface area contributed by atoms with Gasteiger partial charge >= 0.3 is 5.97 Å². The third-order valence-corrected chi connectivity index (χ3v) is 7.44. The molecule has 0 saturated carbocycles. The molecule has 8 heteroatoms. The van der Waals surface area contributed by atoms with Gasteiger partial charge in [-0.05, 0) is 42.5 Å². The van der Waals surface area contributed by atoms with Crippen LogP contribution in [0, 0.1) is 0 Å². The second-order valence-electron chi connectivity index (χ2n) is 6.88. The Hall–Kier alpha value is -2.87. The van der Waals surface area contributed by atoms with E-state index in [0.717, 1.165) is 16.4 Å². The van der Waals surface area contributed by atoms with E-state index in [1.165, 1.54) is 22.5 Å². The molecule has 31 heavy (non-hydrogen) atoms. The Balaban J connectivity index is 1.68. The maximum Gasteiger partial charge on any atom is 0.345 e. The van der Waals surface area contributed by atoms with Crippen molar-refractivity contribution in [1.82, 2.24) is 4.31 Å². The molecular formula is C23H20ClNO5S. The van der Waals surface area contributed by atoms with Crippen LogP contribution in [0.25, 0.3) is 21.9 Å². The molecule has 6 nitrogen and oxygen atoms in total. The van der Waals surface area contributed by atoms with Crippen molar-refractivity contribution in [2.24, 2.45) is 0 Å². The molecule has 0 N–H and O–H groups in total. The lowest BCUT2D eigenvalue weighted by atomic mass is 10.1. The van der Waals surface area contributed by atoms with Gasteiger partial charge in [0, 0.05) is 23.9 Å². The number of nitrogens with zero attached hydrogens (tertiary/aromatic N) is 1. The molecule has 4 rings (SSSR count). The lowest BCUT2D eigenvalue weighted by Crippen LogP contribution is -2.30. The number of fused-ring (bicyclic) bond motifs is 3. The summed E-state index contributed by atoms with van der Waals surface area (Å²) in [5.41, 5.74) is 1.39. The Morgan fingerprint density at radius 1 is 0.968 bits per heavy atom. The predicted octanol–water partition coefficient (Wildman–Crippen LogP) is 5.49. The SMILES string of the molecule is CCN(CC)S(=O)(=O)c1ccc(Cl)c(C(=O)Oc2ccc3oc4ccccc4c3c2)c1. The van der Waals surface area contributed by atoms with Gasteiger partial charge < -0.3 is 9.15 Å². The number of rotatable bonds is 6. The van der Waals surface area contributed by atoms with E-state index in [1.54, 1.807) is 32.0 Å². The summed E-state index contributed by atoms with van der Waals surface area (Å²) in [6.45, 7) is 4.14. The molecule has 0 aliphatic heterocycles. The van der Waals surface area contributed by atoms with Crippen LogP contribution in [0.15, 0.2) is 70.0 Å². The highest BCUT2D eigenvalue weighted by molar-refractivity contribution is 7.89. The molecule has 0 aliphatic carbocycles. The smallest absolute Gasteiger partial charge is 0.345 e. The highest BCUT2D eigenvalue weighted by Crippen LogP contribution is 2.32. The molecular weight excluding hydrogens is 438 g/mol. The number of para-hydroxylation sites is 1. The summed E-state index contributed by atoms with van der Waals surface area (Å²) in [5.74, 6) is -0.439. The third kappa shape index (κ3) is 3.92. The van der Waals surface area contributed by atoms with Crippen LogP contribution in [0.3, 0.4) is 0 Å². The number of carbonyl (C=O) groups is 1. The van der Waals surface area contributed by atoms with Crippen LogP contribution in [0.4, 0.5) is 0 Å². The molecule has 0 fully saturated rings. The van der Waals surface area contributed by atoms with Gasteiger partial charge in [0.2, 0.25) is 10.0 Å². The van der Waals surface area contributed by atoms with E-state index in [-0.39, 0.29) is 15.5 Å². The summed E-state index contributed by atoms with van der Waals surface area (Å²) in [6, 6.07) is 16.7. The maximum absolute atomic E-state index is 12.8. The number of hydrogen-bond acceptors (Lipinski definition) is 5. The highest BCUT2D eigenvalue weighted by atomic mass is 35.5. The first-order chi connectivity index (χ1) is 14.8. The average molecular weight is 458 g/mol. The standard InChI is InChI=1S/C23H20ClNO5S/c1-3-25(4-2)31(27,28)16-10-11-20(24)19(14-16)23(26)29-15-9-12-22-18(13-15)17-7-5-6-8-21(17)30-22/h5-14H,3-4H2,1-2H3. The Kier molecular flexibility index (Phi) is 5.75. The van der Waals surface area contributed by atoms with Crippen LogP contribution in [-0.4, -0.2) is 31.8 Å². The van der Waals surface area contributed by atoms with E-state index in [1.807, 2.05) is 24.3 Å². The van der Waals surface area contributed by atoms with Gasteiger partial charge in [0.1, 0.15) is 16.9 Å². The van der Waals surface area contributed by atoms with Crippen molar-refractivity contribution in [1.29, 1.82) is 0 Å². The Morgan fingerprint density at radius 2 is 1.68 bits per heavy atom. The van der Waals surface area contributed by atoms with Gasteiger partial charge in [0.05, 0.1) is 15.5 Å². The van der Waals surface area contributed by atoms with Gasteiger partial charge in [0.15, 0.2) is 0 Å². The molecule has 0 amide bonds. The first-order valence-corrected chi connectivity index (χ1v) is 11.6. The minimum atomic E-state index is -3.74. The summed E-state index contributed by atoms with van der Waals surface area (Å²) in [5, 5.41) is 1.82. The van der Waals surface area contributed by atoms with E-state index in [4.69, 9.17) is 20.8 Å². The van der Waals surface area contributed by atoms with Crippen molar-refractivity contribution < 1.29 is 22.4 Å². The van der Waals surface area contributed by atoms with Gasteiger partial charge in [-0.15, -0.1) is 0 Å². The van der Waals surface area contributed by atoms with Gasteiger partial charge in [-0.3, -0.25) is 0 Å². The maximum atomic E-state index is 12.8. The molecule has 3 aromatic carbocycles. The van der Waals surface area contributed by atoms with Crippen LogP contribution in [0.5, 0.6) is 5.75 Å². The van der Waals surface area contributed by atoms with Crippen molar-refractivity contribution in [3.05, 3.63) is 71.2 Å². The number of hydrogen-bond donors (Lipinski definition) is 0. The summed E-state index contributed by atoms with van der Waals surface area (Å²) in [6.07, 6.45) is 0. The van der Waals surface area contributed by atoms with Crippen molar-refractivity contribution in [2.45, 2.75) is 18.7 Å². The molecule has 0 bridgehead atoms. The van der Waals surface area contributed by atoms with Gasteiger partial charge in [-0.25, -0.2) is 13.2 Å². The number of esters is 1. The first kappa shape index (κ1) is 21.4. The summed E-state index contributed by atoms with van der Waals surface area (Å²) >= 11 is 6.19. The van der Waals surface area contributed by atoms with E-state index >= 15 is 0 Å². The second kappa shape index (κ2) is 8.34. The zero-order valence-electron chi connectivity index (χ0n) is 17.0. The van der Waals surface area contributed by atoms with Crippen LogP contribution in [0.2, 0.25) is 5.02 Å². The first-order valence-electron chi connectivity index (χ1n) is 9.78. The number of benzene rings is 3. The molecule has 0 radical (unpaired) electrons. The summed E-state index contributed by atoms with van der Waals surface area (Å²) < 4.78 is 38.2. The molecule has 0 spiro atoms. The number of furan rings is 1. The quantitative estimate of drug-likeness (QED) is 0.282. The van der Waals surface area contributed by atoms with E-state index in [2.05, 4.69) is 0 Å². The topological polar surface area (TPSA) is 76.8 Å². The van der Waals surface area contributed by atoms with Crippen LogP contribution >= 0.6 is 11.6 Å². The molecule has 0 aliphatic rings. The zero-order chi connectivity index (χ0) is 22.2. The Morgan fingerprint density at radius 3 is 2.42 bits per heavy atom. The minimum Gasteiger partial charge on any atom is -0.456 e. The van der Waals surface area contributed by atoms with Crippen molar-refractivity contribution in [3.63, 3.8) is 0 Å². The average Bonchev–Trinajstić information content (AvgIpc) is 3.12. The monoisotopic (exact) mass is 457 g/mol. The van der Waals surface area contributed by atoms with Gasteiger partial charge in [-0.1, -0.05) is 43.6 Å². The Labute approximate surface area is 185 Å². The molecule has 0 unspecified atom stereocenters. The Bertz CT molecular complexity index is 1390. The van der Waals surface area contributed by atoms with E-state index in [0.29, 0.717) is 24.4 Å². The number of sulfonamides is 1. The highest BCUT2D eigenvalue weighted by Gasteiger charge is 2.24. The fraction of sp³-hybridized carbons (Fsp3) is 0.174. The zero-order valence-corrected chi connectivity index (χ0v) is 18.5. The predicted molar refractivity (Wildman–Crippen MR) is 120 cm³/mol. The summed E-state index contributed by atoms with van der Waals surface area (Å²) in [7, 11) is -3.74. The molecule has 1 heterocycles. The lowest BCUT2D eigenvalue weighted by molar-refractivity contribution is 0.0735. The summed E-state index contributed by atoms with van der Waals surface area (Å²) in [4.78, 5) is 12.8. The number of carbonyl (C=O) groups excluding carboxylic acids is 1. The van der Waals surface area contributed by atoms with Crippen molar-refractivity contribution in [2.75, 3.05) is 13.1 Å². The molecule has 0 atom stereocenters. The normalized spacial score (nSPS) is 12.0. The third-order valence-electron chi connectivity index (χ3n) is 5.06.